The van der Waals surface area contributed by atoms with Gasteiger partial charge in [-0.05, 0) is 31.4 Å². The van der Waals surface area contributed by atoms with Gasteiger partial charge in [-0.15, -0.1) is 0 Å². The van der Waals surface area contributed by atoms with Crippen LogP contribution in [0.25, 0.3) is 0 Å². The summed E-state index contributed by atoms with van der Waals surface area (Å²) in [5, 5.41) is 18.3. The highest BCUT2D eigenvalue weighted by atomic mass is 16.3. The van der Waals surface area contributed by atoms with Gasteiger partial charge in [0.2, 0.25) is 0 Å². The molecule has 1 aliphatic rings. The molecule has 0 bridgehead atoms. The van der Waals surface area contributed by atoms with Gasteiger partial charge in [0.25, 0.3) is 0 Å². The maximum Gasteiger partial charge on any atom is 0.129 e. The van der Waals surface area contributed by atoms with Crippen LogP contribution < -0.4 is 4.90 Å². The van der Waals surface area contributed by atoms with Crippen molar-refractivity contribution in [1.82, 2.24) is 4.98 Å². The number of hydrogen-bond acceptors (Lipinski definition) is 4. The number of anilines is 1. The van der Waals surface area contributed by atoms with Gasteiger partial charge in [0, 0.05) is 12.2 Å². The van der Waals surface area contributed by atoms with Crippen molar-refractivity contribution in [1.29, 1.82) is 0 Å². The average Bonchev–Trinajstić information content (AvgIpc) is 2.77. The quantitative estimate of drug-likeness (QED) is 0.796. The van der Waals surface area contributed by atoms with E-state index in [0.717, 1.165) is 36.5 Å². The van der Waals surface area contributed by atoms with E-state index < -0.39 is 0 Å². The number of hydrogen-bond donors (Lipinski definition) is 2. The Labute approximate surface area is 95.5 Å². The number of nitrogens with zero attached hydrogens (tertiary/aromatic N) is 2. The first-order valence-electron chi connectivity index (χ1n) is 5.71. The summed E-state index contributed by atoms with van der Waals surface area (Å²) in [5.74, 6) is 0.909. The number of pyridine rings is 1. The molecule has 1 saturated heterocycles. The Balaban J connectivity index is 2.23. The van der Waals surface area contributed by atoms with Gasteiger partial charge in [0.1, 0.15) is 5.82 Å². The van der Waals surface area contributed by atoms with Gasteiger partial charge in [0.05, 0.1) is 19.3 Å². The van der Waals surface area contributed by atoms with E-state index in [2.05, 4.69) is 9.88 Å². The highest BCUT2D eigenvalue weighted by Crippen LogP contribution is 2.24. The summed E-state index contributed by atoms with van der Waals surface area (Å²) >= 11 is 0. The molecule has 0 spiro atoms. The van der Waals surface area contributed by atoms with Crippen molar-refractivity contribution < 1.29 is 10.2 Å². The van der Waals surface area contributed by atoms with Crippen molar-refractivity contribution in [2.45, 2.75) is 32.4 Å². The molecule has 1 aromatic heterocycles. The van der Waals surface area contributed by atoms with Crippen LogP contribution in [0.1, 0.15) is 24.1 Å². The Morgan fingerprint density at radius 3 is 2.88 bits per heavy atom. The molecule has 0 aromatic carbocycles. The lowest BCUT2D eigenvalue weighted by atomic mass is 10.2. The second-order valence-electron chi connectivity index (χ2n) is 4.24. The fourth-order valence-corrected chi connectivity index (χ4v) is 2.23. The molecule has 0 amide bonds. The minimum Gasteiger partial charge on any atom is -0.394 e. The largest absolute Gasteiger partial charge is 0.394 e. The third-order valence-electron chi connectivity index (χ3n) is 3.23. The maximum atomic E-state index is 9.26. The zero-order chi connectivity index (χ0) is 11.5. The second-order valence-corrected chi connectivity index (χ2v) is 4.24. The van der Waals surface area contributed by atoms with Crippen molar-refractivity contribution in [3.63, 3.8) is 0 Å². The molecule has 1 atom stereocenters. The van der Waals surface area contributed by atoms with E-state index in [-0.39, 0.29) is 19.3 Å². The molecular weight excluding hydrogens is 204 g/mol. The predicted molar refractivity (Wildman–Crippen MR) is 62.4 cm³/mol. The van der Waals surface area contributed by atoms with Crippen molar-refractivity contribution in [3.8, 4) is 0 Å². The Bertz CT molecular complexity index is 368. The Morgan fingerprint density at radius 2 is 2.25 bits per heavy atom. The minimum atomic E-state index is 0.0303. The summed E-state index contributed by atoms with van der Waals surface area (Å²) in [5.41, 5.74) is 1.73. The standard InChI is InChI=1S/C12H18N2O2/c1-9-10(7-15)4-5-12(13-9)14-6-2-3-11(14)8-16/h4-5,11,15-16H,2-3,6-8H2,1H3. The fourth-order valence-electron chi connectivity index (χ4n) is 2.23. The summed E-state index contributed by atoms with van der Waals surface area (Å²) < 4.78 is 0. The van der Waals surface area contributed by atoms with Crippen molar-refractivity contribution in [3.05, 3.63) is 23.4 Å². The van der Waals surface area contributed by atoms with E-state index in [1.807, 2.05) is 19.1 Å². The van der Waals surface area contributed by atoms with E-state index >= 15 is 0 Å². The smallest absolute Gasteiger partial charge is 0.129 e. The lowest BCUT2D eigenvalue weighted by molar-refractivity contribution is 0.266. The first-order valence-corrected chi connectivity index (χ1v) is 5.71. The summed E-state index contributed by atoms with van der Waals surface area (Å²) in [6, 6.07) is 4.03. The van der Waals surface area contributed by atoms with Crippen LogP contribution in [0.15, 0.2) is 12.1 Å². The van der Waals surface area contributed by atoms with Crippen LogP contribution in [0.4, 0.5) is 5.82 Å². The first kappa shape index (κ1) is 11.4. The zero-order valence-corrected chi connectivity index (χ0v) is 9.56. The van der Waals surface area contributed by atoms with Crippen LogP contribution in [0.2, 0.25) is 0 Å². The van der Waals surface area contributed by atoms with E-state index in [9.17, 15) is 5.11 Å². The Morgan fingerprint density at radius 1 is 1.44 bits per heavy atom. The van der Waals surface area contributed by atoms with Crippen LogP contribution in [-0.2, 0) is 6.61 Å². The van der Waals surface area contributed by atoms with E-state index in [4.69, 9.17) is 5.11 Å². The number of rotatable bonds is 3. The predicted octanol–water partition coefficient (Wildman–Crippen LogP) is 0.843. The van der Waals surface area contributed by atoms with Crippen LogP contribution in [0.3, 0.4) is 0 Å². The topological polar surface area (TPSA) is 56.6 Å². The molecule has 1 fully saturated rings. The summed E-state index contributed by atoms with van der Waals surface area (Å²) in [6.07, 6.45) is 2.13. The minimum absolute atomic E-state index is 0.0303. The summed E-state index contributed by atoms with van der Waals surface area (Å²) in [4.78, 5) is 6.63. The first-order chi connectivity index (χ1) is 7.76. The molecule has 2 rings (SSSR count). The Hall–Kier alpha value is -1.13. The molecule has 0 radical (unpaired) electrons. The summed E-state index contributed by atoms with van der Waals surface area (Å²) in [6.45, 7) is 3.07. The van der Waals surface area contributed by atoms with Gasteiger partial charge in [-0.2, -0.15) is 0 Å². The molecule has 0 aliphatic carbocycles. The van der Waals surface area contributed by atoms with Crippen molar-refractivity contribution in [2.24, 2.45) is 0 Å². The molecule has 1 unspecified atom stereocenters. The molecule has 2 N–H and O–H groups in total. The molecule has 16 heavy (non-hydrogen) atoms. The normalized spacial score (nSPS) is 20.4. The van der Waals surface area contributed by atoms with Gasteiger partial charge >= 0.3 is 0 Å². The van der Waals surface area contributed by atoms with E-state index in [1.165, 1.54) is 0 Å². The number of aromatic nitrogens is 1. The molecule has 88 valence electrons. The lowest BCUT2D eigenvalue weighted by Gasteiger charge is -2.24. The van der Waals surface area contributed by atoms with E-state index in [0.29, 0.717) is 0 Å². The number of aliphatic hydroxyl groups is 2. The van der Waals surface area contributed by atoms with Gasteiger partial charge < -0.3 is 15.1 Å². The third kappa shape index (κ3) is 2.03. The number of aryl methyl sites for hydroxylation is 1. The third-order valence-corrected chi connectivity index (χ3v) is 3.23. The van der Waals surface area contributed by atoms with Gasteiger partial charge in [0.15, 0.2) is 0 Å². The molecular formula is C12H18N2O2. The number of aliphatic hydroxyl groups excluding tert-OH is 2. The molecule has 2 heterocycles. The molecule has 1 aromatic rings. The highest BCUT2D eigenvalue weighted by Gasteiger charge is 2.24. The average molecular weight is 222 g/mol. The van der Waals surface area contributed by atoms with Crippen molar-refractivity contribution in [2.75, 3.05) is 18.1 Å². The monoisotopic (exact) mass is 222 g/mol. The summed E-state index contributed by atoms with van der Waals surface area (Å²) in [7, 11) is 0. The molecule has 4 nitrogen and oxygen atoms in total. The van der Waals surface area contributed by atoms with Crippen LogP contribution in [0, 0.1) is 6.92 Å². The van der Waals surface area contributed by atoms with E-state index in [1.54, 1.807) is 0 Å². The van der Waals surface area contributed by atoms with Crippen LogP contribution in [0.5, 0.6) is 0 Å². The molecule has 0 saturated carbocycles. The van der Waals surface area contributed by atoms with Gasteiger partial charge in [-0.25, -0.2) is 4.98 Å². The zero-order valence-electron chi connectivity index (χ0n) is 9.56. The Kier molecular flexibility index (Phi) is 3.41. The second kappa shape index (κ2) is 4.80. The van der Waals surface area contributed by atoms with Crippen LogP contribution in [-0.4, -0.2) is 34.4 Å². The van der Waals surface area contributed by atoms with Gasteiger partial charge in [-0.1, -0.05) is 6.07 Å². The maximum absolute atomic E-state index is 9.26. The SMILES string of the molecule is Cc1nc(N2CCCC2CO)ccc1CO. The molecule has 4 heteroatoms. The fraction of sp³-hybridized carbons (Fsp3) is 0.583. The highest BCUT2D eigenvalue weighted by molar-refractivity contribution is 5.43. The molecule has 1 aliphatic heterocycles. The van der Waals surface area contributed by atoms with Crippen LogP contribution >= 0.6 is 0 Å². The lowest BCUT2D eigenvalue weighted by Crippen LogP contribution is -2.32. The van der Waals surface area contributed by atoms with Gasteiger partial charge in [-0.3, -0.25) is 0 Å². The van der Waals surface area contributed by atoms with Crippen molar-refractivity contribution >= 4 is 5.82 Å².